The Balaban J connectivity index is 1.80. The van der Waals surface area contributed by atoms with Gasteiger partial charge in [0.05, 0.1) is 6.42 Å². The molecule has 4 nitrogen and oxygen atoms in total. The minimum absolute atomic E-state index is 0.0839. The van der Waals surface area contributed by atoms with E-state index in [0.717, 1.165) is 21.9 Å². The van der Waals surface area contributed by atoms with Crippen molar-refractivity contribution in [3.63, 3.8) is 0 Å². The summed E-state index contributed by atoms with van der Waals surface area (Å²) in [6.07, 6.45) is 0.297. The van der Waals surface area contributed by atoms with Crippen LogP contribution in [0.2, 0.25) is 0 Å². The monoisotopic (exact) mass is 332 g/mol. The van der Waals surface area contributed by atoms with Crippen LogP contribution in [0.25, 0.3) is 10.8 Å². The number of hydrogen-bond donors (Lipinski definition) is 2. The average molecular weight is 332 g/mol. The second-order valence-corrected chi connectivity index (χ2v) is 6.02. The molecule has 25 heavy (non-hydrogen) atoms. The van der Waals surface area contributed by atoms with Gasteiger partial charge >= 0.3 is 0 Å². The molecule has 0 unspecified atom stereocenters. The Hall–Kier alpha value is -3.14. The van der Waals surface area contributed by atoms with Crippen molar-refractivity contribution in [1.82, 2.24) is 0 Å². The lowest BCUT2D eigenvalue weighted by Gasteiger charge is -2.13. The van der Waals surface area contributed by atoms with E-state index in [1.165, 1.54) is 6.92 Å². The number of nitrogens with one attached hydrogen (secondary N) is 2. The van der Waals surface area contributed by atoms with Crippen LogP contribution in [0.5, 0.6) is 0 Å². The lowest BCUT2D eigenvalue weighted by atomic mass is 10.0. The molecule has 0 aliphatic rings. The van der Waals surface area contributed by atoms with Crippen LogP contribution < -0.4 is 10.6 Å². The van der Waals surface area contributed by atoms with Crippen LogP contribution in [-0.4, -0.2) is 11.8 Å². The van der Waals surface area contributed by atoms with Crippen molar-refractivity contribution in [2.45, 2.75) is 20.3 Å². The molecular weight excluding hydrogens is 312 g/mol. The smallest absolute Gasteiger partial charge is 0.228 e. The fourth-order valence-corrected chi connectivity index (χ4v) is 2.91. The fourth-order valence-electron chi connectivity index (χ4n) is 2.91. The third-order valence-corrected chi connectivity index (χ3v) is 4.15. The molecule has 2 amide bonds. The second kappa shape index (κ2) is 7.18. The van der Waals surface area contributed by atoms with Gasteiger partial charge < -0.3 is 10.6 Å². The first-order valence-corrected chi connectivity index (χ1v) is 8.18. The normalized spacial score (nSPS) is 10.5. The van der Waals surface area contributed by atoms with E-state index in [4.69, 9.17) is 0 Å². The Kier molecular flexibility index (Phi) is 4.80. The van der Waals surface area contributed by atoms with Crippen LogP contribution in [0.1, 0.15) is 18.1 Å². The van der Waals surface area contributed by atoms with Gasteiger partial charge in [0.25, 0.3) is 0 Å². The first kappa shape index (κ1) is 16.7. The highest BCUT2D eigenvalue weighted by atomic mass is 16.2. The van der Waals surface area contributed by atoms with E-state index in [-0.39, 0.29) is 11.8 Å². The quantitative estimate of drug-likeness (QED) is 0.749. The molecule has 0 aliphatic heterocycles. The maximum absolute atomic E-state index is 12.5. The number of fused-ring (bicyclic) bond motifs is 1. The van der Waals surface area contributed by atoms with Gasteiger partial charge in [-0.1, -0.05) is 48.5 Å². The summed E-state index contributed by atoms with van der Waals surface area (Å²) in [4.78, 5) is 23.8. The zero-order chi connectivity index (χ0) is 17.8. The van der Waals surface area contributed by atoms with Gasteiger partial charge in [-0.25, -0.2) is 0 Å². The van der Waals surface area contributed by atoms with Crippen LogP contribution in [0.4, 0.5) is 11.4 Å². The predicted octanol–water partition coefficient (Wildman–Crippen LogP) is 4.29. The van der Waals surface area contributed by atoms with Crippen LogP contribution in [0.15, 0.2) is 60.7 Å². The van der Waals surface area contributed by atoms with Crippen LogP contribution in [0.3, 0.4) is 0 Å². The summed E-state index contributed by atoms with van der Waals surface area (Å²) in [7, 11) is 0. The molecule has 0 bridgehead atoms. The summed E-state index contributed by atoms with van der Waals surface area (Å²) in [5.74, 6) is -0.221. The maximum Gasteiger partial charge on any atom is 0.228 e. The lowest BCUT2D eigenvalue weighted by Crippen LogP contribution is -2.16. The molecule has 0 aliphatic carbocycles. The third-order valence-electron chi connectivity index (χ3n) is 4.15. The lowest BCUT2D eigenvalue weighted by molar-refractivity contribution is -0.115. The van der Waals surface area contributed by atoms with Crippen LogP contribution in [0, 0.1) is 6.92 Å². The minimum Gasteiger partial charge on any atom is -0.326 e. The van der Waals surface area contributed by atoms with Crippen molar-refractivity contribution in [2.24, 2.45) is 0 Å². The number of carbonyl (C=O) groups excluding carboxylic acids is 2. The van der Waals surface area contributed by atoms with Crippen molar-refractivity contribution < 1.29 is 9.59 Å². The number of rotatable bonds is 4. The van der Waals surface area contributed by atoms with Gasteiger partial charge in [-0.2, -0.15) is 0 Å². The highest BCUT2D eigenvalue weighted by molar-refractivity contribution is 5.98. The molecule has 2 N–H and O–H groups in total. The molecule has 126 valence electrons. The van der Waals surface area contributed by atoms with E-state index >= 15 is 0 Å². The Morgan fingerprint density at radius 2 is 1.48 bits per heavy atom. The first-order chi connectivity index (χ1) is 12.0. The summed E-state index contributed by atoms with van der Waals surface area (Å²) < 4.78 is 0. The number of anilines is 2. The molecule has 0 saturated heterocycles. The van der Waals surface area contributed by atoms with E-state index in [0.29, 0.717) is 17.8 Å². The Morgan fingerprint density at radius 1 is 0.840 bits per heavy atom. The minimum atomic E-state index is -0.137. The summed E-state index contributed by atoms with van der Waals surface area (Å²) in [6, 6.07) is 19.5. The SMILES string of the molecule is CC(=O)Nc1cccc(NC(=O)Cc2cccc3ccccc23)c1C. The Morgan fingerprint density at radius 3 is 2.24 bits per heavy atom. The molecule has 4 heteroatoms. The molecule has 0 saturated carbocycles. The summed E-state index contributed by atoms with van der Waals surface area (Å²) >= 11 is 0. The van der Waals surface area contributed by atoms with Crippen molar-refractivity contribution in [3.05, 3.63) is 71.8 Å². The molecule has 0 fully saturated rings. The van der Waals surface area contributed by atoms with E-state index in [9.17, 15) is 9.59 Å². The van der Waals surface area contributed by atoms with Crippen molar-refractivity contribution in [1.29, 1.82) is 0 Å². The number of hydrogen-bond acceptors (Lipinski definition) is 2. The molecule has 0 radical (unpaired) electrons. The van der Waals surface area contributed by atoms with Gasteiger partial charge in [-0.15, -0.1) is 0 Å². The molecule has 0 spiro atoms. The topological polar surface area (TPSA) is 58.2 Å². The molecule has 3 aromatic carbocycles. The number of benzene rings is 3. The molecule has 3 aromatic rings. The zero-order valence-corrected chi connectivity index (χ0v) is 14.3. The zero-order valence-electron chi connectivity index (χ0n) is 14.3. The summed E-state index contributed by atoms with van der Waals surface area (Å²) in [5, 5.41) is 7.93. The van der Waals surface area contributed by atoms with E-state index in [2.05, 4.69) is 10.6 Å². The largest absolute Gasteiger partial charge is 0.326 e. The van der Waals surface area contributed by atoms with Crippen LogP contribution in [-0.2, 0) is 16.0 Å². The maximum atomic E-state index is 12.5. The highest BCUT2D eigenvalue weighted by Crippen LogP contribution is 2.24. The Bertz CT molecular complexity index is 942. The molecular formula is C21H20N2O2. The van der Waals surface area contributed by atoms with Crippen LogP contribution >= 0.6 is 0 Å². The standard InChI is InChI=1S/C21H20N2O2/c1-14-19(22-15(2)24)11-6-12-20(14)23-21(25)13-17-9-5-8-16-7-3-4-10-18(16)17/h3-12H,13H2,1-2H3,(H,22,24)(H,23,25). The van der Waals surface area contributed by atoms with E-state index in [1.54, 1.807) is 0 Å². The molecule has 3 rings (SSSR count). The molecule has 0 atom stereocenters. The number of carbonyl (C=O) groups is 2. The second-order valence-electron chi connectivity index (χ2n) is 6.02. The average Bonchev–Trinajstić information content (AvgIpc) is 2.58. The summed E-state index contributed by atoms with van der Waals surface area (Å²) in [5.41, 5.74) is 3.24. The van der Waals surface area contributed by atoms with E-state index in [1.807, 2.05) is 67.6 Å². The van der Waals surface area contributed by atoms with E-state index < -0.39 is 0 Å². The van der Waals surface area contributed by atoms with Crippen molar-refractivity contribution in [3.8, 4) is 0 Å². The number of amides is 2. The van der Waals surface area contributed by atoms with Gasteiger partial charge in [0.1, 0.15) is 0 Å². The fraction of sp³-hybridized carbons (Fsp3) is 0.143. The third kappa shape index (κ3) is 3.86. The van der Waals surface area contributed by atoms with Gasteiger partial charge in [0.15, 0.2) is 0 Å². The van der Waals surface area contributed by atoms with Crippen molar-refractivity contribution >= 4 is 34.0 Å². The molecule has 0 aromatic heterocycles. The first-order valence-electron chi connectivity index (χ1n) is 8.18. The van der Waals surface area contributed by atoms with Gasteiger partial charge in [0.2, 0.25) is 11.8 Å². The highest BCUT2D eigenvalue weighted by Gasteiger charge is 2.10. The predicted molar refractivity (Wildman–Crippen MR) is 102 cm³/mol. The van der Waals surface area contributed by atoms with Crippen molar-refractivity contribution in [2.75, 3.05) is 10.6 Å². The van der Waals surface area contributed by atoms with Gasteiger partial charge in [0, 0.05) is 18.3 Å². The summed E-state index contributed by atoms with van der Waals surface area (Å²) in [6.45, 7) is 3.34. The molecule has 0 heterocycles. The van der Waals surface area contributed by atoms with Gasteiger partial charge in [-0.05, 0) is 41.0 Å². The Labute approximate surface area is 146 Å². The van der Waals surface area contributed by atoms with Gasteiger partial charge in [-0.3, -0.25) is 9.59 Å².